The van der Waals surface area contributed by atoms with E-state index in [1.54, 1.807) is 0 Å². The smallest absolute Gasteiger partial charge is 0.0750 e. The first kappa shape index (κ1) is 13.7. The van der Waals surface area contributed by atoms with Gasteiger partial charge in [0.2, 0.25) is 0 Å². The highest BCUT2D eigenvalue weighted by atomic mass is 35.5. The van der Waals surface area contributed by atoms with Gasteiger partial charge < -0.3 is 15.4 Å². The summed E-state index contributed by atoms with van der Waals surface area (Å²) in [7, 11) is 0. The van der Waals surface area contributed by atoms with Crippen molar-refractivity contribution in [2.24, 2.45) is 5.73 Å². The molecule has 1 aromatic rings. The number of benzene rings is 1. The number of hydrogen-bond donors (Lipinski definition) is 1. The summed E-state index contributed by atoms with van der Waals surface area (Å²) in [4.78, 5) is 2.35. The predicted molar refractivity (Wildman–Crippen MR) is 76.2 cm³/mol. The number of halogens is 1. The topological polar surface area (TPSA) is 38.5 Å². The van der Waals surface area contributed by atoms with Crippen molar-refractivity contribution in [1.82, 2.24) is 0 Å². The molecule has 1 atom stereocenters. The zero-order valence-electron chi connectivity index (χ0n) is 10.9. The minimum Gasteiger partial charge on any atom is -0.377 e. The van der Waals surface area contributed by atoms with Gasteiger partial charge in [-0.2, -0.15) is 0 Å². The molecule has 1 aliphatic heterocycles. The highest BCUT2D eigenvalue weighted by molar-refractivity contribution is 6.30. The fraction of sp³-hybridized carbons (Fsp3) is 0.571. The normalized spacial score (nSPS) is 20.2. The third-order valence-electron chi connectivity index (χ3n) is 3.39. The van der Waals surface area contributed by atoms with E-state index in [0.29, 0.717) is 12.6 Å². The third-order valence-corrected chi connectivity index (χ3v) is 3.62. The quantitative estimate of drug-likeness (QED) is 0.913. The van der Waals surface area contributed by atoms with Crippen LogP contribution >= 0.6 is 11.6 Å². The number of rotatable bonds is 4. The minimum absolute atomic E-state index is 0.327. The molecule has 0 spiro atoms. The number of ether oxygens (including phenoxy) is 1. The van der Waals surface area contributed by atoms with Crippen LogP contribution in [0.3, 0.4) is 0 Å². The van der Waals surface area contributed by atoms with Crippen LogP contribution in [0.4, 0.5) is 5.69 Å². The number of nitrogens with zero attached hydrogens (tertiary/aromatic N) is 1. The van der Waals surface area contributed by atoms with Crippen molar-refractivity contribution < 1.29 is 4.74 Å². The highest BCUT2D eigenvalue weighted by Gasteiger charge is 2.21. The van der Waals surface area contributed by atoms with Crippen LogP contribution in [0.25, 0.3) is 0 Å². The predicted octanol–water partition coefficient (Wildman–Crippen LogP) is 2.80. The summed E-state index contributed by atoms with van der Waals surface area (Å²) in [6, 6.07) is 5.93. The molecule has 4 heteroatoms. The zero-order valence-corrected chi connectivity index (χ0v) is 11.6. The maximum atomic E-state index is 6.09. The Bertz CT molecular complexity index is 395. The first-order valence-electron chi connectivity index (χ1n) is 6.59. The van der Waals surface area contributed by atoms with Crippen molar-refractivity contribution in [3.8, 4) is 0 Å². The monoisotopic (exact) mass is 268 g/mol. The third kappa shape index (κ3) is 3.16. The van der Waals surface area contributed by atoms with Crippen LogP contribution in [0, 0.1) is 0 Å². The molecule has 1 saturated heterocycles. The van der Waals surface area contributed by atoms with Crippen molar-refractivity contribution in [2.45, 2.75) is 32.4 Å². The molecule has 100 valence electrons. The molecule has 1 unspecified atom stereocenters. The van der Waals surface area contributed by atoms with Crippen molar-refractivity contribution in [3.05, 3.63) is 28.8 Å². The van der Waals surface area contributed by atoms with E-state index < -0.39 is 0 Å². The van der Waals surface area contributed by atoms with Gasteiger partial charge in [-0.25, -0.2) is 0 Å². The van der Waals surface area contributed by atoms with Gasteiger partial charge in [-0.15, -0.1) is 0 Å². The Morgan fingerprint density at radius 1 is 1.50 bits per heavy atom. The number of hydrogen-bond acceptors (Lipinski definition) is 3. The molecule has 1 aliphatic rings. The standard InChI is InChI=1S/C14H21ClN2O/c1-2-18-13-4-3-7-17(10-13)14-8-12(15)6-5-11(14)9-16/h5-6,8,13H,2-4,7,9-10,16H2,1H3. The van der Waals surface area contributed by atoms with E-state index in [-0.39, 0.29) is 0 Å². The van der Waals surface area contributed by atoms with Gasteiger partial charge in [-0.05, 0) is 37.5 Å². The van der Waals surface area contributed by atoms with E-state index >= 15 is 0 Å². The molecule has 1 aromatic carbocycles. The van der Waals surface area contributed by atoms with Gasteiger partial charge in [0.05, 0.1) is 6.10 Å². The van der Waals surface area contributed by atoms with E-state index in [1.807, 2.05) is 25.1 Å². The second-order valence-corrected chi connectivity index (χ2v) is 5.08. The fourth-order valence-corrected chi connectivity index (χ4v) is 2.70. The SMILES string of the molecule is CCOC1CCCN(c2cc(Cl)ccc2CN)C1. The van der Waals surface area contributed by atoms with E-state index in [2.05, 4.69) is 4.90 Å². The second kappa shape index (κ2) is 6.41. The second-order valence-electron chi connectivity index (χ2n) is 4.64. The Kier molecular flexibility index (Phi) is 4.87. The van der Waals surface area contributed by atoms with Crippen molar-refractivity contribution in [3.63, 3.8) is 0 Å². The Labute approximate surface area is 114 Å². The van der Waals surface area contributed by atoms with Crippen LogP contribution in [0.1, 0.15) is 25.3 Å². The van der Waals surface area contributed by atoms with E-state index in [1.165, 1.54) is 0 Å². The van der Waals surface area contributed by atoms with Gasteiger partial charge >= 0.3 is 0 Å². The van der Waals surface area contributed by atoms with Gasteiger partial charge in [0.15, 0.2) is 0 Å². The molecular weight excluding hydrogens is 248 g/mol. The number of nitrogens with two attached hydrogens (primary N) is 1. The van der Waals surface area contributed by atoms with Gasteiger partial charge in [0.25, 0.3) is 0 Å². The molecule has 0 saturated carbocycles. The minimum atomic E-state index is 0.327. The summed E-state index contributed by atoms with van der Waals surface area (Å²) < 4.78 is 5.73. The highest BCUT2D eigenvalue weighted by Crippen LogP contribution is 2.28. The van der Waals surface area contributed by atoms with Gasteiger partial charge in [-0.1, -0.05) is 17.7 Å². The van der Waals surface area contributed by atoms with Crippen LogP contribution in [-0.4, -0.2) is 25.8 Å². The summed E-state index contributed by atoms with van der Waals surface area (Å²) in [6.07, 6.45) is 2.62. The summed E-state index contributed by atoms with van der Waals surface area (Å²) in [6.45, 7) is 5.35. The van der Waals surface area contributed by atoms with Crippen LogP contribution in [0.15, 0.2) is 18.2 Å². The van der Waals surface area contributed by atoms with Crippen LogP contribution in [-0.2, 0) is 11.3 Å². The molecule has 0 aliphatic carbocycles. The summed E-state index contributed by atoms with van der Waals surface area (Å²) in [5.41, 5.74) is 8.11. The molecule has 0 bridgehead atoms. The Morgan fingerprint density at radius 2 is 2.33 bits per heavy atom. The van der Waals surface area contributed by atoms with Crippen molar-refractivity contribution in [1.29, 1.82) is 0 Å². The lowest BCUT2D eigenvalue weighted by atomic mass is 10.0. The molecule has 18 heavy (non-hydrogen) atoms. The van der Waals surface area contributed by atoms with E-state index in [0.717, 1.165) is 48.8 Å². The van der Waals surface area contributed by atoms with Crippen molar-refractivity contribution in [2.75, 3.05) is 24.6 Å². The first-order valence-corrected chi connectivity index (χ1v) is 6.97. The van der Waals surface area contributed by atoms with Crippen LogP contribution in [0.2, 0.25) is 5.02 Å². The Balaban J connectivity index is 2.17. The molecule has 2 rings (SSSR count). The molecule has 0 amide bonds. The lowest BCUT2D eigenvalue weighted by Crippen LogP contribution is -2.40. The summed E-state index contributed by atoms with van der Waals surface area (Å²) in [5, 5.41) is 0.765. The lowest BCUT2D eigenvalue weighted by molar-refractivity contribution is 0.0526. The van der Waals surface area contributed by atoms with Crippen molar-refractivity contribution >= 4 is 17.3 Å². The molecule has 3 nitrogen and oxygen atoms in total. The number of anilines is 1. The van der Waals surface area contributed by atoms with Gasteiger partial charge in [-0.3, -0.25) is 0 Å². The van der Waals surface area contributed by atoms with E-state index in [9.17, 15) is 0 Å². The lowest BCUT2D eigenvalue weighted by Gasteiger charge is -2.35. The molecule has 1 fully saturated rings. The molecule has 1 heterocycles. The molecule has 2 N–H and O–H groups in total. The zero-order chi connectivity index (χ0) is 13.0. The average Bonchev–Trinajstić information content (AvgIpc) is 2.39. The number of piperidine rings is 1. The fourth-order valence-electron chi connectivity index (χ4n) is 2.53. The maximum Gasteiger partial charge on any atom is 0.0750 e. The molecule has 0 aromatic heterocycles. The first-order chi connectivity index (χ1) is 8.74. The van der Waals surface area contributed by atoms with Gasteiger partial charge in [0.1, 0.15) is 0 Å². The average molecular weight is 269 g/mol. The Hall–Kier alpha value is -0.770. The molecular formula is C14H21ClN2O. The van der Waals surface area contributed by atoms with Crippen LogP contribution < -0.4 is 10.6 Å². The van der Waals surface area contributed by atoms with Gasteiger partial charge in [0, 0.05) is 37.0 Å². The Morgan fingerprint density at radius 3 is 3.06 bits per heavy atom. The molecule has 0 radical (unpaired) electrons. The summed E-state index contributed by atoms with van der Waals surface area (Å²) >= 11 is 6.09. The maximum absolute atomic E-state index is 6.09. The summed E-state index contributed by atoms with van der Waals surface area (Å²) in [5.74, 6) is 0. The van der Waals surface area contributed by atoms with E-state index in [4.69, 9.17) is 22.1 Å². The van der Waals surface area contributed by atoms with Crippen LogP contribution in [0.5, 0.6) is 0 Å². The largest absolute Gasteiger partial charge is 0.377 e.